The van der Waals surface area contributed by atoms with Gasteiger partial charge in [0.15, 0.2) is 11.6 Å². The molecular formula is C16H20N6. The Morgan fingerprint density at radius 2 is 2.09 bits per heavy atom. The normalized spacial score (nSPS) is 15.9. The molecule has 2 heterocycles. The molecule has 22 heavy (non-hydrogen) atoms. The van der Waals surface area contributed by atoms with Gasteiger partial charge in [-0.25, -0.2) is 9.67 Å². The van der Waals surface area contributed by atoms with Crippen LogP contribution in [0.25, 0.3) is 22.4 Å². The van der Waals surface area contributed by atoms with Gasteiger partial charge in [0, 0.05) is 18.0 Å². The van der Waals surface area contributed by atoms with Crippen molar-refractivity contribution in [2.45, 2.75) is 51.5 Å². The Bertz CT molecular complexity index is 781. The molecule has 1 fully saturated rings. The van der Waals surface area contributed by atoms with Crippen molar-refractivity contribution in [1.82, 2.24) is 30.2 Å². The highest BCUT2D eigenvalue weighted by Crippen LogP contribution is 2.34. The minimum atomic E-state index is 0.522. The predicted molar refractivity (Wildman–Crippen MR) is 84.4 cm³/mol. The first-order chi connectivity index (χ1) is 10.9. The van der Waals surface area contributed by atoms with E-state index in [1.54, 1.807) is 0 Å². The van der Waals surface area contributed by atoms with Crippen LogP contribution in [0.1, 0.15) is 50.8 Å². The molecule has 6 heteroatoms. The Labute approximate surface area is 128 Å². The molecule has 0 bridgehead atoms. The van der Waals surface area contributed by atoms with Gasteiger partial charge in [0.2, 0.25) is 0 Å². The molecule has 6 nitrogen and oxygen atoms in total. The monoisotopic (exact) mass is 296 g/mol. The second-order valence-corrected chi connectivity index (χ2v) is 6.00. The molecular weight excluding hydrogens is 276 g/mol. The number of aryl methyl sites for hydroxylation is 1. The van der Waals surface area contributed by atoms with E-state index in [1.165, 1.54) is 25.7 Å². The van der Waals surface area contributed by atoms with Crippen LogP contribution in [0, 0.1) is 0 Å². The Kier molecular flexibility index (Phi) is 3.36. The van der Waals surface area contributed by atoms with E-state index in [9.17, 15) is 0 Å². The zero-order valence-electron chi connectivity index (χ0n) is 12.8. The lowest BCUT2D eigenvalue weighted by atomic mass is 10.1. The highest BCUT2D eigenvalue weighted by atomic mass is 15.4. The van der Waals surface area contributed by atoms with E-state index in [0.717, 1.165) is 41.2 Å². The molecule has 2 aromatic heterocycles. The standard InChI is InChI=1S/C16H20N6/c1-2-10-22-16(17-15(20-22)11-6-3-4-7-11)12-8-5-9-13-14(12)19-21-18-13/h5,8-9,11H,2-4,6-7,10H2,1H3,(H,18,19,21). The van der Waals surface area contributed by atoms with Crippen molar-refractivity contribution in [3.8, 4) is 11.4 Å². The van der Waals surface area contributed by atoms with Crippen molar-refractivity contribution in [2.24, 2.45) is 0 Å². The van der Waals surface area contributed by atoms with Gasteiger partial charge in [-0.3, -0.25) is 0 Å². The fourth-order valence-corrected chi connectivity index (χ4v) is 3.33. The van der Waals surface area contributed by atoms with E-state index >= 15 is 0 Å². The number of aromatic amines is 1. The molecule has 1 N–H and O–H groups in total. The molecule has 1 aliphatic carbocycles. The maximum atomic E-state index is 4.88. The Morgan fingerprint density at radius 1 is 1.23 bits per heavy atom. The first kappa shape index (κ1) is 13.4. The summed E-state index contributed by atoms with van der Waals surface area (Å²) in [5.41, 5.74) is 2.74. The number of hydrogen-bond acceptors (Lipinski definition) is 4. The molecule has 1 aromatic carbocycles. The summed E-state index contributed by atoms with van der Waals surface area (Å²) < 4.78 is 2.04. The van der Waals surface area contributed by atoms with Crippen LogP contribution in [-0.4, -0.2) is 30.2 Å². The molecule has 3 aromatic rings. The van der Waals surface area contributed by atoms with Crippen molar-refractivity contribution >= 4 is 11.0 Å². The van der Waals surface area contributed by atoms with E-state index in [0.29, 0.717) is 5.92 Å². The molecule has 0 spiro atoms. The number of H-pyrrole nitrogens is 1. The van der Waals surface area contributed by atoms with E-state index in [-0.39, 0.29) is 0 Å². The smallest absolute Gasteiger partial charge is 0.160 e. The molecule has 0 aliphatic heterocycles. The number of nitrogens with zero attached hydrogens (tertiary/aromatic N) is 5. The number of aromatic nitrogens is 6. The Hall–Kier alpha value is -2.24. The lowest BCUT2D eigenvalue weighted by Crippen LogP contribution is -2.03. The quantitative estimate of drug-likeness (QED) is 0.802. The predicted octanol–water partition coefficient (Wildman–Crippen LogP) is 3.28. The second-order valence-electron chi connectivity index (χ2n) is 6.00. The maximum absolute atomic E-state index is 4.88. The van der Waals surface area contributed by atoms with Crippen molar-refractivity contribution in [3.63, 3.8) is 0 Å². The number of rotatable bonds is 4. The first-order valence-corrected chi connectivity index (χ1v) is 8.11. The molecule has 0 saturated heterocycles. The molecule has 1 saturated carbocycles. The molecule has 0 unspecified atom stereocenters. The summed E-state index contributed by atoms with van der Waals surface area (Å²) in [5.74, 6) is 2.44. The molecule has 0 amide bonds. The highest BCUT2D eigenvalue weighted by Gasteiger charge is 2.24. The van der Waals surface area contributed by atoms with Crippen LogP contribution < -0.4 is 0 Å². The van der Waals surface area contributed by atoms with Gasteiger partial charge in [0.05, 0.1) is 0 Å². The van der Waals surface area contributed by atoms with Crippen molar-refractivity contribution in [1.29, 1.82) is 0 Å². The third kappa shape index (κ3) is 2.19. The fraction of sp³-hybridized carbons (Fsp3) is 0.500. The minimum Gasteiger partial charge on any atom is -0.245 e. The van der Waals surface area contributed by atoms with Crippen LogP contribution in [0.15, 0.2) is 18.2 Å². The van der Waals surface area contributed by atoms with Gasteiger partial charge >= 0.3 is 0 Å². The van der Waals surface area contributed by atoms with Gasteiger partial charge in [-0.05, 0) is 31.4 Å². The summed E-state index contributed by atoms with van der Waals surface area (Å²) in [4.78, 5) is 4.88. The van der Waals surface area contributed by atoms with Gasteiger partial charge in [0.1, 0.15) is 11.0 Å². The first-order valence-electron chi connectivity index (χ1n) is 8.11. The minimum absolute atomic E-state index is 0.522. The summed E-state index contributed by atoms with van der Waals surface area (Å²) in [6.07, 6.45) is 6.05. The summed E-state index contributed by atoms with van der Waals surface area (Å²) in [6.45, 7) is 3.04. The molecule has 0 atom stereocenters. The van der Waals surface area contributed by atoms with Crippen LogP contribution in [0.5, 0.6) is 0 Å². The summed E-state index contributed by atoms with van der Waals surface area (Å²) in [5, 5.41) is 16.0. The van der Waals surface area contributed by atoms with Crippen LogP contribution in [0.2, 0.25) is 0 Å². The Balaban J connectivity index is 1.83. The number of nitrogens with one attached hydrogen (secondary N) is 1. The van der Waals surface area contributed by atoms with E-state index in [1.807, 2.05) is 16.8 Å². The van der Waals surface area contributed by atoms with E-state index in [2.05, 4.69) is 28.4 Å². The average molecular weight is 296 g/mol. The topological polar surface area (TPSA) is 72.3 Å². The van der Waals surface area contributed by atoms with Crippen LogP contribution in [0.3, 0.4) is 0 Å². The SMILES string of the molecule is CCCn1nc(C2CCCC2)nc1-c1cccc2n[nH]nc12. The highest BCUT2D eigenvalue weighted by molar-refractivity contribution is 5.89. The van der Waals surface area contributed by atoms with Gasteiger partial charge in [0.25, 0.3) is 0 Å². The third-order valence-electron chi connectivity index (χ3n) is 4.43. The van der Waals surface area contributed by atoms with Gasteiger partial charge in [-0.15, -0.1) is 0 Å². The lowest BCUT2D eigenvalue weighted by molar-refractivity contribution is 0.581. The molecule has 0 radical (unpaired) electrons. The number of hydrogen-bond donors (Lipinski definition) is 1. The van der Waals surface area contributed by atoms with E-state index < -0.39 is 0 Å². The molecule has 114 valence electrons. The summed E-state index contributed by atoms with van der Waals surface area (Å²) in [6, 6.07) is 6.01. The summed E-state index contributed by atoms with van der Waals surface area (Å²) in [7, 11) is 0. The maximum Gasteiger partial charge on any atom is 0.160 e. The van der Waals surface area contributed by atoms with Crippen LogP contribution in [-0.2, 0) is 6.54 Å². The van der Waals surface area contributed by atoms with Gasteiger partial charge < -0.3 is 0 Å². The molecule has 4 rings (SSSR count). The van der Waals surface area contributed by atoms with Crippen LogP contribution in [0.4, 0.5) is 0 Å². The van der Waals surface area contributed by atoms with Crippen LogP contribution >= 0.6 is 0 Å². The molecule has 1 aliphatic rings. The number of para-hydroxylation sites is 1. The van der Waals surface area contributed by atoms with E-state index in [4.69, 9.17) is 10.1 Å². The average Bonchev–Trinajstić information content (AvgIpc) is 3.27. The zero-order chi connectivity index (χ0) is 14.9. The lowest BCUT2D eigenvalue weighted by Gasteiger charge is -2.04. The summed E-state index contributed by atoms with van der Waals surface area (Å²) >= 11 is 0. The largest absolute Gasteiger partial charge is 0.245 e. The number of fused-ring (bicyclic) bond motifs is 1. The third-order valence-corrected chi connectivity index (χ3v) is 4.43. The second kappa shape index (κ2) is 5.51. The van der Waals surface area contributed by atoms with Crippen molar-refractivity contribution < 1.29 is 0 Å². The zero-order valence-corrected chi connectivity index (χ0v) is 12.8. The number of benzene rings is 1. The van der Waals surface area contributed by atoms with Gasteiger partial charge in [-0.2, -0.15) is 20.5 Å². The fourth-order valence-electron chi connectivity index (χ4n) is 3.33. The van der Waals surface area contributed by atoms with Crippen molar-refractivity contribution in [2.75, 3.05) is 0 Å². The Morgan fingerprint density at radius 3 is 2.91 bits per heavy atom. The van der Waals surface area contributed by atoms with Crippen molar-refractivity contribution in [3.05, 3.63) is 24.0 Å². The van der Waals surface area contributed by atoms with Gasteiger partial charge in [-0.1, -0.05) is 25.8 Å².